The highest BCUT2D eigenvalue weighted by Crippen LogP contribution is 2.25. The van der Waals surface area contributed by atoms with Crippen molar-refractivity contribution in [2.45, 2.75) is 6.42 Å². The Bertz CT molecular complexity index is 478. The van der Waals surface area contributed by atoms with E-state index in [0.717, 1.165) is 18.6 Å². The van der Waals surface area contributed by atoms with Crippen LogP contribution in [0.4, 0.5) is 20.6 Å². The van der Waals surface area contributed by atoms with Crippen LogP contribution >= 0.6 is 0 Å². The van der Waals surface area contributed by atoms with Gasteiger partial charge in [-0.15, -0.1) is 0 Å². The maximum absolute atomic E-state index is 13.1. The summed E-state index contributed by atoms with van der Waals surface area (Å²) in [6, 6.07) is 3.10. The lowest BCUT2D eigenvalue weighted by atomic mass is 10.2. The van der Waals surface area contributed by atoms with E-state index >= 15 is 0 Å². The number of halogens is 1. The fourth-order valence-electron chi connectivity index (χ4n) is 1.68. The molecular weight excluding hydrogens is 229 g/mol. The predicted molar refractivity (Wildman–Crippen MR) is 58.4 cm³/mol. The van der Waals surface area contributed by atoms with Crippen molar-refractivity contribution in [3.8, 4) is 0 Å². The first-order valence-electron chi connectivity index (χ1n) is 5.09. The fourth-order valence-corrected chi connectivity index (χ4v) is 1.68. The minimum Gasteiger partial charge on any atom is -0.338 e. The van der Waals surface area contributed by atoms with E-state index in [1.807, 2.05) is 0 Å². The topological polar surface area (TPSA) is 75.5 Å². The Hall–Kier alpha value is -2.18. The number of nitro groups is 1. The molecule has 1 aliphatic rings. The summed E-state index contributed by atoms with van der Waals surface area (Å²) in [6.45, 7) is 1.05. The molecule has 1 fully saturated rings. The number of nitro benzene ring substituents is 1. The molecule has 90 valence electrons. The van der Waals surface area contributed by atoms with Crippen molar-refractivity contribution in [2.75, 3.05) is 18.0 Å². The molecule has 0 unspecified atom stereocenters. The maximum Gasteiger partial charge on any atom is 0.321 e. The van der Waals surface area contributed by atoms with Crippen molar-refractivity contribution in [3.05, 3.63) is 34.1 Å². The molecular formula is C10H10FN3O3. The number of urea groups is 1. The second-order valence-electron chi connectivity index (χ2n) is 3.63. The number of rotatable bonds is 2. The van der Waals surface area contributed by atoms with Gasteiger partial charge in [-0.2, -0.15) is 4.39 Å². The van der Waals surface area contributed by atoms with Crippen LogP contribution < -0.4 is 10.2 Å². The van der Waals surface area contributed by atoms with E-state index < -0.39 is 16.4 Å². The van der Waals surface area contributed by atoms with Crippen LogP contribution in [0.25, 0.3) is 0 Å². The van der Waals surface area contributed by atoms with Crippen molar-refractivity contribution < 1.29 is 14.1 Å². The van der Waals surface area contributed by atoms with Crippen LogP contribution in [0.2, 0.25) is 0 Å². The quantitative estimate of drug-likeness (QED) is 0.629. The molecule has 0 aromatic heterocycles. The minimum atomic E-state index is -0.906. The number of carbonyl (C=O) groups is 1. The number of nitrogens with one attached hydrogen (secondary N) is 1. The summed E-state index contributed by atoms with van der Waals surface area (Å²) in [7, 11) is 0. The highest BCUT2D eigenvalue weighted by Gasteiger charge is 2.22. The van der Waals surface area contributed by atoms with E-state index in [-0.39, 0.29) is 6.03 Å². The zero-order valence-electron chi connectivity index (χ0n) is 8.85. The van der Waals surface area contributed by atoms with E-state index in [2.05, 4.69) is 5.32 Å². The van der Waals surface area contributed by atoms with Gasteiger partial charge in [0.25, 0.3) is 0 Å². The Kier molecular flexibility index (Phi) is 2.90. The number of carbonyl (C=O) groups excluding carboxylic acids is 1. The lowest BCUT2D eigenvalue weighted by molar-refractivity contribution is -0.387. The van der Waals surface area contributed by atoms with Crippen LogP contribution in [0.15, 0.2) is 18.2 Å². The number of hydrogen-bond donors (Lipinski definition) is 1. The van der Waals surface area contributed by atoms with Gasteiger partial charge in [-0.25, -0.2) is 4.79 Å². The largest absolute Gasteiger partial charge is 0.338 e. The van der Waals surface area contributed by atoms with Gasteiger partial charge in [0.15, 0.2) is 0 Å². The van der Waals surface area contributed by atoms with Gasteiger partial charge in [-0.3, -0.25) is 15.0 Å². The Morgan fingerprint density at radius 1 is 1.47 bits per heavy atom. The molecule has 1 heterocycles. The molecule has 0 spiro atoms. The Morgan fingerprint density at radius 2 is 2.24 bits per heavy atom. The van der Waals surface area contributed by atoms with Crippen LogP contribution in [0, 0.1) is 15.9 Å². The van der Waals surface area contributed by atoms with E-state index in [4.69, 9.17) is 0 Å². The maximum atomic E-state index is 13.1. The Labute approximate surface area is 96.2 Å². The van der Waals surface area contributed by atoms with Gasteiger partial charge in [-0.05, 0) is 18.6 Å². The normalized spacial score (nSPS) is 15.6. The van der Waals surface area contributed by atoms with Crippen molar-refractivity contribution in [1.82, 2.24) is 5.32 Å². The van der Waals surface area contributed by atoms with Gasteiger partial charge in [0.05, 0.1) is 10.6 Å². The monoisotopic (exact) mass is 239 g/mol. The summed E-state index contributed by atoms with van der Waals surface area (Å²) >= 11 is 0. The summed E-state index contributed by atoms with van der Waals surface area (Å²) in [5, 5.41) is 13.2. The predicted octanol–water partition coefficient (Wildman–Crippen LogP) is 1.65. The van der Waals surface area contributed by atoms with E-state index in [0.29, 0.717) is 18.8 Å². The smallest absolute Gasteiger partial charge is 0.321 e. The van der Waals surface area contributed by atoms with Crippen LogP contribution in [-0.2, 0) is 0 Å². The second kappa shape index (κ2) is 4.36. The number of benzene rings is 1. The third-order valence-electron chi connectivity index (χ3n) is 2.52. The molecule has 1 aliphatic heterocycles. The number of hydrogen-bond acceptors (Lipinski definition) is 3. The highest BCUT2D eigenvalue weighted by atomic mass is 19.1. The van der Waals surface area contributed by atoms with E-state index in [1.54, 1.807) is 0 Å². The highest BCUT2D eigenvalue weighted by molar-refractivity contribution is 5.92. The lowest BCUT2D eigenvalue weighted by Crippen LogP contribution is -2.46. The SMILES string of the molecule is O=C1NCCCN1c1ccc(F)c([N+](=O)[O-])c1. The van der Waals surface area contributed by atoms with Gasteiger partial charge in [0.1, 0.15) is 0 Å². The van der Waals surface area contributed by atoms with Crippen LogP contribution in [0.1, 0.15) is 6.42 Å². The summed E-state index contributed by atoms with van der Waals surface area (Å²) in [5.41, 5.74) is -0.295. The van der Waals surface area contributed by atoms with Gasteiger partial charge < -0.3 is 5.32 Å². The summed E-state index contributed by atoms with van der Waals surface area (Å²) in [6.07, 6.45) is 0.747. The zero-order chi connectivity index (χ0) is 12.4. The molecule has 2 rings (SSSR count). The van der Waals surface area contributed by atoms with Crippen molar-refractivity contribution >= 4 is 17.4 Å². The molecule has 0 bridgehead atoms. The van der Waals surface area contributed by atoms with Crippen molar-refractivity contribution in [1.29, 1.82) is 0 Å². The molecule has 0 saturated carbocycles. The summed E-state index contributed by atoms with van der Waals surface area (Å²) in [4.78, 5) is 22.6. The summed E-state index contributed by atoms with van der Waals surface area (Å²) < 4.78 is 13.1. The number of amides is 2. The number of anilines is 1. The van der Waals surface area contributed by atoms with E-state index in [1.165, 1.54) is 11.0 Å². The first-order chi connectivity index (χ1) is 8.09. The zero-order valence-corrected chi connectivity index (χ0v) is 8.85. The van der Waals surface area contributed by atoms with Crippen molar-refractivity contribution in [2.24, 2.45) is 0 Å². The fraction of sp³-hybridized carbons (Fsp3) is 0.300. The molecule has 0 atom stereocenters. The minimum absolute atomic E-state index is 0.322. The third kappa shape index (κ3) is 2.17. The Balaban J connectivity index is 2.35. The number of nitrogens with zero attached hydrogens (tertiary/aromatic N) is 2. The Morgan fingerprint density at radius 3 is 2.88 bits per heavy atom. The van der Waals surface area contributed by atoms with Crippen LogP contribution in [0.3, 0.4) is 0 Å². The molecule has 0 radical (unpaired) electrons. The molecule has 7 heteroatoms. The third-order valence-corrected chi connectivity index (χ3v) is 2.52. The molecule has 17 heavy (non-hydrogen) atoms. The van der Waals surface area contributed by atoms with Crippen LogP contribution in [0.5, 0.6) is 0 Å². The average Bonchev–Trinajstić information content (AvgIpc) is 2.30. The lowest BCUT2D eigenvalue weighted by Gasteiger charge is -2.27. The van der Waals surface area contributed by atoms with E-state index in [9.17, 15) is 19.3 Å². The van der Waals surface area contributed by atoms with Crippen molar-refractivity contribution in [3.63, 3.8) is 0 Å². The second-order valence-corrected chi connectivity index (χ2v) is 3.63. The average molecular weight is 239 g/mol. The summed E-state index contributed by atoms with van der Waals surface area (Å²) in [5.74, 6) is -0.906. The van der Waals surface area contributed by atoms with Crippen LogP contribution in [-0.4, -0.2) is 24.0 Å². The molecule has 0 aliphatic carbocycles. The standard InChI is InChI=1S/C10H10FN3O3/c11-8-3-2-7(6-9(8)14(16)17)13-5-1-4-12-10(13)15/h2-3,6H,1,4-5H2,(H,12,15). The molecule has 2 amide bonds. The molecule has 1 saturated heterocycles. The molecule has 6 nitrogen and oxygen atoms in total. The molecule has 1 aromatic rings. The van der Waals surface area contributed by atoms with Gasteiger partial charge in [0, 0.05) is 19.2 Å². The molecule has 1 N–H and O–H groups in total. The first kappa shape index (κ1) is 11.3. The van der Waals surface area contributed by atoms with Gasteiger partial charge >= 0.3 is 11.7 Å². The molecule has 1 aromatic carbocycles. The van der Waals surface area contributed by atoms with Gasteiger partial charge in [0.2, 0.25) is 5.82 Å². The van der Waals surface area contributed by atoms with Gasteiger partial charge in [-0.1, -0.05) is 0 Å². The first-order valence-corrected chi connectivity index (χ1v) is 5.09.